The summed E-state index contributed by atoms with van der Waals surface area (Å²) >= 11 is 0. The van der Waals surface area contributed by atoms with Crippen molar-refractivity contribution >= 4 is 11.6 Å². The van der Waals surface area contributed by atoms with Gasteiger partial charge in [-0.2, -0.15) is 5.26 Å². The van der Waals surface area contributed by atoms with E-state index in [9.17, 15) is 4.79 Å². The Labute approximate surface area is 118 Å². The van der Waals surface area contributed by atoms with E-state index in [1.54, 1.807) is 37.4 Å². The normalized spacial score (nSPS) is 9.90. The molecule has 0 aliphatic heterocycles. The summed E-state index contributed by atoms with van der Waals surface area (Å²) in [4.78, 5) is 18.3. The molecule has 0 aliphatic carbocycles. The minimum atomic E-state index is -0.169. The smallest absolute Gasteiger partial charge is 0.259 e. The molecular formula is C16H15N3O. The van der Waals surface area contributed by atoms with E-state index in [1.807, 2.05) is 19.9 Å². The van der Waals surface area contributed by atoms with Gasteiger partial charge in [0.15, 0.2) is 0 Å². The number of para-hydroxylation sites is 1. The summed E-state index contributed by atoms with van der Waals surface area (Å²) in [6.07, 6.45) is 0. The zero-order valence-corrected chi connectivity index (χ0v) is 11.7. The van der Waals surface area contributed by atoms with Crippen LogP contribution >= 0.6 is 0 Å². The standard InChI is InChI=1S/C16H15N3O/c1-11-8-9-14(12(2)18-11)16(20)19(3)15-7-5-4-6-13(15)10-17/h4-9H,1-3H3. The number of nitrogens with zero attached hydrogens (tertiary/aromatic N) is 3. The number of hydrogen-bond acceptors (Lipinski definition) is 3. The molecular weight excluding hydrogens is 250 g/mol. The molecule has 0 fully saturated rings. The highest BCUT2D eigenvalue weighted by Gasteiger charge is 2.18. The lowest BCUT2D eigenvalue weighted by Crippen LogP contribution is -2.28. The van der Waals surface area contributed by atoms with E-state index in [-0.39, 0.29) is 5.91 Å². The SMILES string of the molecule is Cc1ccc(C(=O)N(C)c2ccccc2C#N)c(C)n1. The molecule has 0 saturated carbocycles. The van der Waals surface area contributed by atoms with E-state index in [0.29, 0.717) is 22.5 Å². The molecule has 1 aromatic heterocycles. The van der Waals surface area contributed by atoms with Gasteiger partial charge in [-0.1, -0.05) is 12.1 Å². The van der Waals surface area contributed by atoms with Crippen LogP contribution < -0.4 is 4.90 Å². The fourth-order valence-electron chi connectivity index (χ4n) is 2.06. The van der Waals surface area contributed by atoms with Crippen molar-refractivity contribution in [2.24, 2.45) is 0 Å². The monoisotopic (exact) mass is 265 g/mol. The van der Waals surface area contributed by atoms with E-state index in [1.165, 1.54) is 4.90 Å². The van der Waals surface area contributed by atoms with Gasteiger partial charge in [-0.3, -0.25) is 9.78 Å². The molecule has 0 bridgehead atoms. The number of pyridine rings is 1. The van der Waals surface area contributed by atoms with Crippen molar-refractivity contribution in [3.63, 3.8) is 0 Å². The quantitative estimate of drug-likeness (QED) is 0.839. The number of amides is 1. The Morgan fingerprint density at radius 3 is 2.55 bits per heavy atom. The van der Waals surface area contributed by atoms with Gasteiger partial charge >= 0.3 is 0 Å². The van der Waals surface area contributed by atoms with E-state index in [4.69, 9.17) is 5.26 Å². The molecule has 0 unspecified atom stereocenters. The molecule has 0 N–H and O–H groups in total. The van der Waals surface area contributed by atoms with Crippen LogP contribution in [0.5, 0.6) is 0 Å². The minimum absolute atomic E-state index is 0.169. The highest BCUT2D eigenvalue weighted by atomic mass is 16.2. The molecule has 0 radical (unpaired) electrons. The number of nitriles is 1. The predicted molar refractivity (Wildman–Crippen MR) is 77.6 cm³/mol. The first-order chi connectivity index (χ1) is 9.54. The van der Waals surface area contributed by atoms with Crippen molar-refractivity contribution in [2.75, 3.05) is 11.9 Å². The highest BCUT2D eigenvalue weighted by Crippen LogP contribution is 2.21. The fraction of sp³-hybridized carbons (Fsp3) is 0.188. The molecule has 1 amide bonds. The van der Waals surface area contributed by atoms with E-state index >= 15 is 0 Å². The molecule has 0 saturated heterocycles. The van der Waals surface area contributed by atoms with Crippen LogP contribution in [0.25, 0.3) is 0 Å². The van der Waals surface area contributed by atoms with Crippen LogP contribution in [0.2, 0.25) is 0 Å². The van der Waals surface area contributed by atoms with Gasteiger partial charge in [-0.05, 0) is 38.1 Å². The number of aryl methyl sites for hydroxylation is 2. The summed E-state index contributed by atoms with van der Waals surface area (Å²) in [5.41, 5.74) is 3.18. The van der Waals surface area contributed by atoms with Gasteiger partial charge < -0.3 is 4.90 Å². The lowest BCUT2D eigenvalue weighted by molar-refractivity contribution is 0.0992. The summed E-state index contributed by atoms with van der Waals surface area (Å²) in [7, 11) is 1.66. The van der Waals surface area contributed by atoms with Gasteiger partial charge in [0, 0.05) is 12.7 Å². The van der Waals surface area contributed by atoms with Crippen LogP contribution in [-0.2, 0) is 0 Å². The van der Waals surface area contributed by atoms with Crippen LogP contribution in [0, 0.1) is 25.2 Å². The molecule has 1 aromatic carbocycles. The Morgan fingerprint density at radius 2 is 1.90 bits per heavy atom. The lowest BCUT2D eigenvalue weighted by Gasteiger charge is -2.19. The Balaban J connectivity index is 2.41. The molecule has 4 heteroatoms. The summed E-state index contributed by atoms with van der Waals surface area (Å²) in [5, 5.41) is 9.11. The van der Waals surface area contributed by atoms with E-state index in [2.05, 4.69) is 11.1 Å². The Hall–Kier alpha value is -2.67. The van der Waals surface area contributed by atoms with Gasteiger partial charge in [0.05, 0.1) is 22.5 Å². The van der Waals surface area contributed by atoms with Crippen molar-refractivity contribution < 1.29 is 4.79 Å². The second kappa shape index (κ2) is 5.54. The van der Waals surface area contributed by atoms with E-state index < -0.39 is 0 Å². The first-order valence-electron chi connectivity index (χ1n) is 6.26. The van der Waals surface area contributed by atoms with E-state index in [0.717, 1.165) is 5.69 Å². The highest BCUT2D eigenvalue weighted by molar-refractivity contribution is 6.07. The summed E-state index contributed by atoms with van der Waals surface area (Å²) in [5.74, 6) is -0.169. The third-order valence-corrected chi connectivity index (χ3v) is 3.15. The van der Waals surface area contributed by atoms with Crippen LogP contribution in [-0.4, -0.2) is 17.9 Å². The molecule has 0 atom stereocenters. The van der Waals surface area contributed by atoms with Crippen LogP contribution in [0.3, 0.4) is 0 Å². The Morgan fingerprint density at radius 1 is 1.20 bits per heavy atom. The summed E-state index contributed by atoms with van der Waals surface area (Å²) in [6, 6.07) is 12.7. The maximum Gasteiger partial charge on any atom is 0.259 e. The first kappa shape index (κ1) is 13.8. The molecule has 1 heterocycles. The third kappa shape index (κ3) is 2.52. The molecule has 0 spiro atoms. The zero-order valence-electron chi connectivity index (χ0n) is 11.7. The number of hydrogen-bond donors (Lipinski definition) is 0. The van der Waals surface area contributed by atoms with Gasteiger partial charge in [-0.15, -0.1) is 0 Å². The van der Waals surface area contributed by atoms with Crippen molar-refractivity contribution in [3.05, 3.63) is 58.9 Å². The van der Waals surface area contributed by atoms with Crippen molar-refractivity contribution in [3.8, 4) is 6.07 Å². The Kier molecular flexibility index (Phi) is 3.81. The molecule has 4 nitrogen and oxygen atoms in total. The van der Waals surface area contributed by atoms with Crippen molar-refractivity contribution in [1.29, 1.82) is 5.26 Å². The van der Waals surface area contributed by atoms with Gasteiger partial charge in [-0.25, -0.2) is 0 Å². The number of rotatable bonds is 2. The fourth-order valence-corrected chi connectivity index (χ4v) is 2.06. The van der Waals surface area contributed by atoms with Gasteiger partial charge in [0.25, 0.3) is 5.91 Å². The molecule has 2 aromatic rings. The number of aromatic nitrogens is 1. The number of carbonyl (C=O) groups is 1. The average Bonchev–Trinajstić information content (AvgIpc) is 2.45. The molecule has 0 aliphatic rings. The largest absolute Gasteiger partial charge is 0.310 e. The lowest BCUT2D eigenvalue weighted by atomic mass is 10.1. The maximum absolute atomic E-state index is 12.5. The maximum atomic E-state index is 12.5. The predicted octanol–water partition coefficient (Wildman–Crippen LogP) is 2.85. The van der Waals surface area contributed by atoms with Gasteiger partial charge in [0.2, 0.25) is 0 Å². The number of benzene rings is 1. The van der Waals surface area contributed by atoms with Crippen molar-refractivity contribution in [1.82, 2.24) is 4.98 Å². The van der Waals surface area contributed by atoms with Crippen LogP contribution in [0.4, 0.5) is 5.69 Å². The number of anilines is 1. The zero-order chi connectivity index (χ0) is 14.7. The average molecular weight is 265 g/mol. The number of carbonyl (C=O) groups excluding carboxylic acids is 1. The molecule has 20 heavy (non-hydrogen) atoms. The van der Waals surface area contributed by atoms with Crippen LogP contribution in [0.1, 0.15) is 27.3 Å². The second-order valence-corrected chi connectivity index (χ2v) is 4.58. The molecule has 2 rings (SSSR count). The third-order valence-electron chi connectivity index (χ3n) is 3.15. The topological polar surface area (TPSA) is 57.0 Å². The Bertz CT molecular complexity index is 701. The summed E-state index contributed by atoms with van der Waals surface area (Å²) in [6.45, 7) is 3.69. The van der Waals surface area contributed by atoms with Gasteiger partial charge in [0.1, 0.15) is 6.07 Å². The second-order valence-electron chi connectivity index (χ2n) is 4.58. The minimum Gasteiger partial charge on any atom is -0.310 e. The summed E-state index contributed by atoms with van der Waals surface area (Å²) < 4.78 is 0. The molecule has 100 valence electrons. The van der Waals surface area contributed by atoms with Crippen molar-refractivity contribution in [2.45, 2.75) is 13.8 Å². The first-order valence-corrected chi connectivity index (χ1v) is 6.26. The van der Waals surface area contributed by atoms with Crippen LogP contribution in [0.15, 0.2) is 36.4 Å².